The fraction of sp³-hybridized carbons (Fsp3) is 0.333. The zero-order chi connectivity index (χ0) is 13.1. The molecular formula is C12H14N2O4. The number of hydrogen-bond acceptors (Lipinski definition) is 4. The number of nitrogens with one attached hydrogen (secondary N) is 1. The Morgan fingerprint density at radius 2 is 2.33 bits per heavy atom. The third-order valence-electron chi connectivity index (χ3n) is 2.76. The molecule has 18 heavy (non-hydrogen) atoms. The van der Waals surface area contributed by atoms with Crippen LogP contribution in [0.25, 0.3) is 0 Å². The summed E-state index contributed by atoms with van der Waals surface area (Å²) in [5.74, 6) is -1.16. The number of aromatic carboxylic acids is 1. The number of carbonyl (C=O) groups is 2. The highest BCUT2D eigenvalue weighted by Crippen LogP contribution is 2.32. The van der Waals surface area contributed by atoms with Crippen LogP contribution in [-0.4, -0.2) is 43.8 Å². The van der Waals surface area contributed by atoms with Gasteiger partial charge in [0.25, 0.3) is 0 Å². The van der Waals surface area contributed by atoms with Crippen LogP contribution < -0.4 is 10.2 Å². The SMILES string of the molecule is COCCN1CC(=O)Nc2cccc(C(=O)O)c21. The Hall–Kier alpha value is -2.08. The summed E-state index contributed by atoms with van der Waals surface area (Å²) in [7, 11) is 1.56. The second-order valence-corrected chi connectivity index (χ2v) is 3.97. The van der Waals surface area contributed by atoms with Gasteiger partial charge in [-0.05, 0) is 12.1 Å². The van der Waals surface area contributed by atoms with Gasteiger partial charge in [-0.2, -0.15) is 0 Å². The number of carboxylic acid groups (broad SMARTS) is 1. The summed E-state index contributed by atoms with van der Waals surface area (Å²) in [6, 6.07) is 4.83. The Kier molecular flexibility index (Phi) is 3.47. The molecule has 2 N–H and O–H groups in total. The van der Waals surface area contributed by atoms with Crippen molar-refractivity contribution in [1.29, 1.82) is 0 Å². The number of hydrogen-bond donors (Lipinski definition) is 2. The lowest BCUT2D eigenvalue weighted by atomic mass is 10.1. The van der Waals surface area contributed by atoms with E-state index in [4.69, 9.17) is 4.74 Å². The van der Waals surface area contributed by atoms with Crippen molar-refractivity contribution in [3.05, 3.63) is 23.8 Å². The van der Waals surface area contributed by atoms with Gasteiger partial charge < -0.3 is 20.1 Å². The zero-order valence-corrected chi connectivity index (χ0v) is 9.97. The van der Waals surface area contributed by atoms with Crippen molar-refractivity contribution < 1.29 is 19.4 Å². The Balaban J connectivity index is 2.43. The highest BCUT2D eigenvalue weighted by atomic mass is 16.5. The number of methoxy groups -OCH3 is 1. The molecule has 1 aliphatic rings. The van der Waals surface area contributed by atoms with E-state index < -0.39 is 5.97 Å². The number of ether oxygens (including phenoxy) is 1. The fourth-order valence-electron chi connectivity index (χ4n) is 1.99. The predicted molar refractivity (Wildman–Crippen MR) is 66.1 cm³/mol. The Morgan fingerprint density at radius 3 is 3.00 bits per heavy atom. The van der Waals surface area contributed by atoms with Crippen LogP contribution in [0, 0.1) is 0 Å². The van der Waals surface area contributed by atoms with Crippen LogP contribution in [0.1, 0.15) is 10.4 Å². The van der Waals surface area contributed by atoms with E-state index in [1.807, 2.05) is 0 Å². The summed E-state index contributed by atoms with van der Waals surface area (Å²) in [5.41, 5.74) is 1.26. The van der Waals surface area contributed by atoms with Crippen LogP contribution in [0.15, 0.2) is 18.2 Å². The molecule has 6 nitrogen and oxygen atoms in total. The van der Waals surface area contributed by atoms with Crippen molar-refractivity contribution in [2.24, 2.45) is 0 Å². The summed E-state index contributed by atoms with van der Waals surface area (Å²) < 4.78 is 4.97. The van der Waals surface area contributed by atoms with E-state index in [9.17, 15) is 14.7 Å². The van der Waals surface area contributed by atoms with Gasteiger partial charge in [0.15, 0.2) is 0 Å². The minimum atomic E-state index is -1.01. The highest BCUT2D eigenvalue weighted by molar-refractivity contribution is 6.07. The van der Waals surface area contributed by atoms with Crippen molar-refractivity contribution in [1.82, 2.24) is 0 Å². The quantitative estimate of drug-likeness (QED) is 0.826. The van der Waals surface area contributed by atoms with Gasteiger partial charge in [0, 0.05) is 13.7 Å². The van der Waals surface area contributed by atoms with E-state index in [0.29, 0.717) is 24.5 Å². The lowest BCUT2D eigenvalue weighted by Crippen LogP contribution is -2.40. The highest BCUT2D eigenvalue weighted by Gasteiger charge is 2.26. The van der Waals surface area contributed by atoms with Gasteiger partial charge in [0.1, 0.15) is 0 Å². The summed E-state index contributed by atoms with van der Waals surface area (Å²) in [6.45, 7) is 1.04. The van der Waals surface area contributed by atoms with Crippen LogP contribution in [0.4, 0.5) is 11.4 Å². The molecule has 1 amide bonds. The number of nitrogens with zero attached hydrogens (tertiary/aromatic N) is 1. The van der Waals surface area contributed by atoms with E-state index in [1.54, 1.807) is 24.1 Å². The molecule has 0 saturated carbocycles. The number of para-hydroxylation sites is 1. The maximum Gasteiger partial charge on any atom is 0.337 e. The molecule has 0 bridgehead atoms. The summed E-state index contributed by atoms with van der Waals surface area (Å²) in [6.07, 6.45) is 0. The maximum absolute atomic E-state index is 11.5. The minimum absolute atomic E-state index is 0.140. The second-order valence-electron chi connectivity index (χ2n) is 3.97. The Morgan fingerprint density at radius 1 is 1.56 bits per heavy atom. The number of fused-ring (bicyclic) bond motifs is 1. The van der Waals surface area contributed by atoms with Crippen LogP contribution >= 0.6 is 0 Å². The van der Waals surface area contributed by atoms with Gasteiger partial charge in [-0.15, -0.1) is 0 Å². The molecule has 0 spiro atoms. The summed E-state index contributed by atoms with van der Waals surface area (Å²) in [4.78, 5) is 24.5. The molecule has 1 aromatic carbocycles. The molecule has 6 heteroatoms. The van der Waals surface area contributed by atoms with Crippen molar-refractivity contribution in [3.8, 4) is 0 Å². The molecule has 1 aliphatic heterocycles. The molecule has 0 aliphatic carbocycles. The fourth-order valence-corrected chi connectivity index (χ4v) is 1.99. The minimum Gasteiger partial charge on any atom is -0.478 e. The Labute approximate surface area is 104 Å². The predicted octanol–water partition coefficient (Wildman–Crippen LogP) is 0.790. The van der Waals surface area contributed by atoms with Gasteiger partial charge in [-0.25, -0.2) is 4.79 Å². The second kappa shape index (κ2) is 5.05. The molecule has 0 atom stereocenters. The lowest BCUT2D eigenvalue weighted by molar-refractivity contribution is -0.115. The summed E-state index contributed by atoms with van der Waals surface area (Å²) >= 11 is 0. The average molecular weight is 250 g/mol. The van der Waals surface area contributed by atoms with Gasteiger partial charge in [-0.1, -0.05) is 6.07 Å². The van der Waals surface area contributed by atoms with Crippen LogP contribution in [-0.2, 0) is 9.53 Å². The lowest BCUT2D eigenvalue weighted by Gasteiger charge is -2.31. The van der Waals surface area contributed by atoms with Crippen molar-refractivity contribution in [2.75, 3.05) is 37.0 Å². The number of carbonyl (C=O) groups excluding carboxylic acids is 1. The van der Waals surface area contributed by atoms with E-state index in [2.05, 4.69) is 5.32 Å². The molecule has 2 rings (SSSR count). The molecule has 96 valence electrons. The number of anilines is 2. The number of carboxylic acids is 1. The van der Waals surface area contributed by atoms with Gasteiger partial charge in [-0.3, -0.25) is 4.79 Å². The number of rotatable bonds is 4. The topological polar surface area (TPSA) is 78.9 Å². The third kappa shape index (κ3) is 2.28. The van der Waals surface area contributed by atoms with E-state index in [1.165, 1.54) is 6.07 Å². The molecule has 0 saturated heterocycles. The summed E-state index contributed by atoms with van der Waals surface area (Å²) in [5, 5.41) is 11.9. The number of benzene rings is 1. The first-order valence-electron chi connectivity index (χ1n) is 5.53. The van der Waals surface area contributed by atoms with E-state index in [-0.39, 0.29) is 18.0 Å². The standard InChI is InChI=1S/C12H14N2O4/c1-18-6-5-14-7-10(15)13-9-4-2-3-8(11(9)14)12(16)17/h2-4H,5-7H2,1H3,(H,13,15)(H,16,17). The molecule has 0 fully saturated rings. The van der Waals surface area contributed by atoms with Crippen LogP contribution in [0.5, 0.6) is 0 Å². The van der Waals surface area contributed by atoms with Crippen molar-refractivity contribution in [3.63, 3.8) is 0 Å². The van der Waals surface area contributed by atoms with E-state index in [0.717, 1.165) is 0 Å². The third-order valence-corrected chi connectivity index (χ3v) is 2.76. The van der Waals surface area contributed by atoms with E-state index >= 15 is 0 Å². The van der Waals surface area contributed by atoms with Crippen molar-refractivity contribution >= 4 is 23.3 Å². The number of amides is 1. The zero-order valence-electron chi connectivity index (χ0n) is 9.97. The Bertz CT molecular complexity index is 487. The van der Waals surface area contributed by atoms with Gasteiger partial charge in [0.05, 0.1) is 30.1 Å². The molecule has 0 radical (unpaired) electrons. The average Bonchev–Trinajstić information content (AvgIpc) is 2.34. The molecule has 1 heterocycles. The van der Waals surface area contributed by atoms with Gasteiger partial charge in [0.2, 0.25) is 5.91 Å². The van der Waals surface area contributed by atoms with Crippen LogP contribution in [0.2, 0.25) is 0 Å². The van der Waals surface area contributed by atoms with Crippen molar-refractivity contribution in [2.45, 2.75) is 0 Å². The largest absolute Gasteiger partial charge is 0.478 e. The first-order valence-corrected chi connectivity index (χ1v) is 5.53. The first-order chi connectivity index (χ1) is 8.63. The molecular weight excluding hydrogens is 236 g/mol. The van der Waals surface area contributed by atoms with Crippen LogP contribution in [0.3, 0.4) is 0 Å². The maximum atomic E-state index is 11.5. The molecule has 1 aromatic rings. The van der Waals surface area contributed by atoms with Gasteiger partial charge >= 0.3 is 5.97 Å². The first kappa shape index (κ1) is 12.4. The molecule has 0 unspecified atom stereocenters. The normalized spacial score (nSPS) is 14.1. The molecule has 0 aromatic heterocycles. The smallest absolute Gasteiger partial charge is 0.337 e. The monoisotopic (exact) mass is 250 g/mol.